The number of carbonyl (C=O) groups is 2. The minimum absolute atomic E-state index is 0.0394. The highest BCUT2D eigenvalue weighted by Crippen LogP contribution is 2.25. The van der Waals surface area contributed by atoms with E-state index in [2.05, 4.69) is 10.6 Å². The Morgan fingerprint density at radius 2 is 2.08 bits per heavy atom. The molecule has 2 aromatic rings. The van der Waals surface area contributed by atoms with Gasteiger partial charge >= 0.3 is 6.03 Å². The molecule has 1 unspecified atom stereocenters. The van der Waals surface area contributed by atoms with Gasteiger partial charge in [0.25, 0.3) is 0 Å². The van der Waals surface area contributed by atoms with Crippen molar-refractivity contribution >= 4 is 34.9 Å². The Morgan fingerprint density at radius 1 is 1.27 bits per heavy atom. The van der Waals surface area contributed by atoms with Gasteiger partial charge in [0, 0.05) is 35.4 Å². The average molecular weight is 374 g/mol. The zero-order chi connectivity index (χ0) is 18.7. The van der Waals surface area contributed by atoms with Crippen molar-refractivity contribution in [1.82, 2.24) is 5.32 Å². The summed E-state index contributed by atoms with van der Waals surface area (Å²) in [5.74, 6) is 0.642. The molecule has 3 amide bonds. The first-order valence-corrected chi connectivity index (χ1v) is 8.62. The summed E-state index contributed by atoms with van der Waals surface area (Å²) in [6.07, 6.45) is 0.249. The fraction of sp³-hybridized carbons (Fsp3) is 0.263. The molecule has 3 rings (SSSR count). The van der Waals surface area contributed by atoms with Crippen LogP contribution in [-0.2, 0) is 4.79 Å². The van der Waals surface area contributed by atoms with Crippen LogP contribution in [0.4, 0.5) is 16.2 Å². The van der Waals surface area contributed by atoms with Crippen LogP contribution in [0.25, 0.3) is 0 Å². The summed E-state index contributed by atoms with van der Waals surface area (Å²) in [7, 11) is 1.58. The SMILES string of the molecule is COc1cccc(N2CC(NC(=O)Nc3cc(Cl)ccc3C)CC2=O)c1. The summed E-state index contributed by atoms with van der Waals surface area (Å²) in [4.78, 5) is 26.2. The van der Waals surface area contributed by atoms with Crippen molar-refractivity contribution in [2.45, 2.75) is 19.4 Å². The molecule has 7 heteroatoms. The normalized spacial score (nSPS) is 16.5. The molecule has 0 aromatic heterocycles. The highest BCUT2D eigenvalue weighted by atomic mass is 35.5. The van der Waals surface area contributed by atoms with Crippen LogP contribution in [0.2, 0.25) is 5.02 Å². The number of benzene rings is 2. The molecule has 2 aromatic carbocycles. The zero-order valence-corrected chi connectivity index (χ0v) is 15.3. The lowest BCUT2D eigenvalue weighted by Gasteiger charge is -2.18. The summed E-state index contributed by atoms with van der Waals surface area (Å²) >= 11 is 5.97. The van der Waals surface area contributed by atoms with Crippen LogP contribution >= 0.6 is 11.6 Å². The molecule has 136 valence electrons. The van der Waals surface area contributed by atoms with E-state index in [4.69, 9.17) is 16.3 Å². The highest BCUT2D eigenvalue weighted by molar-refractivity contribution is 6.31. The number of ether oxygens (including phenoxy) is 1. The Kier molecular flexibility index (Phi) is 5.32. The van der Waals surface area contributed by atoms with Gasteiger partial charge in [-0.15, -0.1) is 0 Å². The second kappa shape index (κ2) is 7.66. The van der Waals surface area contributed by atoms with Crippen LogP contribution < -0.4 is 20.3 Å². The minimum Gasteiger partial charge on any atom is -0.497 e. The molecule has 0 bridgehead atoms. The van der Waals surface area contributed by atoms with Gasteiger partial charge in [0.2, 0.25) is 5.91 Å². The number of methoxy groups -OCH3 is 1. The maximum Gasteiger partial charge on any atom is 0.319 e. The maximum atomic E-state index is 12.3. The maximum absolute atomic E-state index is 12.3. The molecule has 1 heterocycles. The van der Waals surface area contributed by atoms with Gasteiger partial charge in [0.1, 0.15) is 5.75 Å². The molecule has 0 aliphatic carbocycles. The van der Waals surface area contributed by atoms with Gasteiger partial charge in [-0.05, 0) is 36.8 Å². The number of carbonyl (C=O) groups excluding carboxylic acids is 2. The van der Waals surface area contributed by atoms with Crippen molar-refractivity contribution in [3.63, 3.8) is 0 Å². The van der Waals surface area contributed by atoms with Gasteiger partial charge in [0.05, 0.1) is 13.2 Å². The van der Waals surface area contributed by atoms with Crippen molar-refractivity contribution < 1.29 is 14.3 Å². The first-order valence-electron chi connectivity index (χ1n) is 8.24. The summed E-state index contributed by atoms with van der Waals surface area (Å²) in [6, 6.07) is 12.0. The third kappa shape index (κ3) is 4.08. The van der Waals surface area contributed by atoms with Gasteiger partial charge < -0.3 is 20.3 Å². The Balaban J connectivity index is 1.63. The van der Waals surface area contributed by atoms with Crippen molar-refractivity contribution in [2.24, 2.45) is 0 Å². The molecule has 1 fully saturated rings. The Hall–Kier alpha value is -2.73. The highest BCUT2D eigenvalue weighted by Gasteiger charge is 2.31. The molecule has 1 atom stereocenters. The standard InChI is InChI=1S/C19H20ClN3O3/c1-12-6-7-13(20)8-17(12)22-19(25)21-14-9-18(24)23(11-14)15-4-3-5-16(10-15)26-2/h3-8,10,14H,9,11H2,1-2H3,(H2,21,22,25). The fourth-order valence-electron chi connectivity index (χ4n) is 2.90. The number of amides is 3. The largest absolute Gasteiger partial charge is 0.497 e. The number of nitrogens with one attached hydrogen (secondary N) is 2. The molecule has 1 aliphatic rings. The van der Waals surface area contributed by atoms with E-state index >= 15 is 0 Å². The van der Waals surface area contributed by atoms with Crippen molar-refractivity contribution in [3.05, 3.63) is 53.1 Å². The van der Waals surface area contributed by atoms with Crippen LogP contribution in [0.3, 0.4) is 0 Å². The van der Waals surface area contributed by atoms with Gasteiger partial charge in [-0.1, -0.05) is 23.7 Å². The number of halogens is 1. The first kappa shape index (κ1) is 18.1. The Morgan fingerprint density at radius 3 is 2.85 bits per heavy atom. The van der Waals surface area contributed by atoms with Gasteiger partial charge in [-0.25, -0.2) is 4.79 Å². The van der Waals surface area contributed by atoms with Crippen molar-refractivity contribution in [2.75, 3.05) is 23.9 Å². The third-order valence-electron chi connectivity index (χ3n) is 4.27. The Bertz CT molecular complexity index is 841. The van der Waals surface area contributed by atoms with Crippen LogP contribution in [-0.4, -0.2) is 31.6 Å². The number of hydrogen-bond acceptors (Lipinski definition) is 3. The summed E-state index contributed by atoms with van der Waals surface area (Å²) in [5, 5.41) is 6.17. The lowest BCUT2D eigenvalue weighted by atomic mass is 10.2. The molecule has 1 saturated heterocycles. The van der Waals surface area contributed by atoms with Crippen LogP contribution in [0.1, 0.15) is 12.0 Å². The number of anilines is 2. The molecule has 26 heavy (non-hydrogen) atoms. The lowest BCUT2D eigenvalue weighted by Crippen LogP contribution is -2.39. The minimum atomic E-state index is -0.361. The zero-order valence-electron chi connectivity index (χ0n) is 14.6. The number of rotatable bonds is 4. The van der Waals surface area contributed by atoms with E-state index in [-0.39, 0.29) is 24.4 Å². The molecule has 6 nitrogen and oxygen atoms in total. The first-order chi connectivity index (χ1) is 12.5. The van der Waals surface area contributed by atoms with E-state index < -0.39 is 0 Å². The smallest absolute Gasteiger partial charge is 0.319 e. The number of nitrogens with zero attached hydrogens (tertiary/aromatic N) is 1. The van der Waals surface area contributed by atoms with E-state index in [1.165, 1.54) is 0 Å². The molecule has 2 N–H and O–H groups in total. The number of urea groups is 1. The summed E-state index contributed by atoms with van der Waals surface area (Å²) in [5.41, 5.74) is 2.30. The predicted octanol–water partition coefficient (Wildman–Crippen LogP) is 3.58. The molecule has 0 radical (unpaired) electrons. The number of hydrogen-bond donors (Lipinski definition) is 2. The van der Waals surface area contributed by atoms with Crippen LogP contribution in [0.15, 0.2) is 42.5 Å². The quantitative estimate of drug-likeness (QED) is 0.860. The summed E-state index contributed by atoms with van der Waals surface area (Å²) < 4.78 is 5.20. The third-order valence-corrected chi connectivity index (χ3v) is 4.51. The van der Waals surface area contributed by atoms with E-state index in [0.717, 1.165) is 11.3 Å². The van der Waals surface area contributed by atoms with Gasteiger partial charge in [-0.2, -0.15) is 0 Å². The van der Waals surface area contributed by atoms with Crippen molar-refractivity contribution in [1.29, 1.82) is 0 Å². The average Bonchev–Trinajstić information content (AvgIpc) is 2.98. The summed E-state index contributed by atoms with van der Waals surface area (Å²) in [6.45, 7) is 2.30. The van der Waals surface area contributed by atoms with E-state index in [1.54, 1.807) is 30.2 Å². The number of aryl methyl sites for hydroxylation is 1. The van der Waals surface area contributed by atoms with E-state index in [9.17, 15) is 9.59 Å². The molecule has 0 saturated carbocycles. The van der Waals surface area contributed by atoms with Gasteiger partial charge in [-0.3, -0.25) is 4.79 Å². The molecular formula is C19H20ClN3O3. The Labute approximate surface area is 157 Å². The van der Waals surface area contributed by atoms with Gasteiger partial charge in [0.15, 0.2) is 0 Å². The van der Waals surface area contributed by atoms with Crippen LogP contribution in [0, 0.1) is 6.92 Å². The topological polar surface area (TPSA) is 70.7 Å². The molecular weight excluding hydrogens is 354 g/mol. The molecule has 1 aliphatic heterocycles. The second-order valence-electron chi connectivity index (χ2n) is 6.16. The van der Waals surface area contributed by atoms with E-state index in [0.29, 0.717) is 23.0 Å². The monoisotopic (exact) mass is 373 g/mol. The fourth-order valence-corrected chi connectivity index (χ4v) is 3.08. The van der Waals surface area contributed by atoms with E-state index in [1.807, 2.05) is 31.2 Å². The molecule has 0 spiro atoms. The van der Waals surface area contributed by atoms with Crippen LogP contribution in [0.5, 0.6) is 5.75 Å². The van der Waals surface area contributed by atoms with Crippen molar-refractivity contribution in [3.8, 4) is 5.75 Å². The lowest BCUT2D eigenvalue weighted by molar-refractivity contribution is -0.117. The predicted molar refractivity (Wildman–Crippen MR) is 102 cm³/mol. The second-order valence-corrected chi connectivity index (χ2v) is 6.60.